The molecular weight excluding hydrogens is 294 g/mol. The summed E-state index contributed by atoms with van der Waals surface area (Å²) < 4.78 is 5.64. The van der Waals surface area contributed by atoms with E-state index in [9.17, 15) is 9.59 Å². The van der Waals surface area contributed by atoms with Crippen LogP contribution < -0.4 is 10.1 Å². The van der Waals surface area contributed by atoms with Crippen LogP contribution in [0.3, 0.4) is 0 Å². The van der Waals surface area contributed by atoms with Crippen molar-refractivity contribution in [3.63, 3.8) is 0 Å². The molecule has 3 rings (SSSR count). The van der Waals surface area contributed by atoms with Gasteiger partial charge in [0.1, 0.15) is 5.75 Å². The molecule has 2 N–H and O–H groups in total. The number of hydrogen-bond acceptors (Lipinski definition) is 3. The molecule has 2 aromatic carbocycles. The standard InChI is InChI=1S/C18H17NO4/c1-11(15-10-23-16-8-3-2-7-14(15)16)19-17(20)12-5-4-6-13(9-12)18(21)22/h2-9,11,15H,10H2,1H3,(H,19,20)(H,21,22)/t11-,15+/m1/s1. The van der Waals surface area contributed by atoms with Gasteiger partial charge in [0.15, 0.2) is 0 Å². The fraction of sp³-hybridized carbons (Fsp3) is 0.222. The van der Waals surface area contributed by atoms with Crippen molar-refractivity contribution in [2.24, 2.45) is 0 Å². The average molecular weight is 311 g/mol. The van der Waals surface area contributed by atoms with Crippen molar-refractivity contribution in [3.8, 4) is 5.75 Å². The molecule has 0 aliphatic carbocycles. The quantitative estimate of drug-likeness (QED) is 0.910. The molecule has 0 radical (unpaired) electrons. The number of aromatic carboxylic acids is 1. The van der Waals surface area contributed by atoms with Gasteiger partial charge in [-0.1, -0.05) is 24.3 Å². The third-order valence-electron chi connectivity index (χ3n) is 4.07. The van der Waals surface area contributed by atoms with Gasteiger partial charge in [-0.3, -0.25) is 4.79 Å². The van der Waals surface area contributed by atoms with Crippen LogP contribution in [0, 0.1) is 0 Å². The predicted molar refractivity (Wildman–Crippen MR) is 85.0 cm³/mol. The van der Waals surface area contributed by atoms with Crippen molar-refractivity contribution in [3.05, 3.63) is 65.2 Å². The van der Waals surface area contributed by atoms with Crippen molar-refractivity contribution in [2.45, 2.75) is 18.9 Å². The SMILES string of the molecule is C[C@@H](NC(=O)c1cccc(C(=O)O)c1)[C@@H]1COc2ccccc21. The lowest BCUT2D eigenvalue weighted by Gasteiger charge is -2.20. The van der Waals surface area contributed by atoms with Crippen LogP contribution in [0.1, 0.15) is 39.1 Å². The zero-order valence-electron chi connectivity index (χ0n) is 12.7. The molecule has 1 amide bonds. The number of rotatable bonds is 4. The highest BCUT2D eigenvalue weighted by atomic mass is 16.5. The number of nitrogens with one attached hydrogen (secondary N) is 1. The largest absolute Gasteiger partial charge is 0.493 e. The summed E-state index contributed by atoms with van der Waals surface area (Å²) in [5, 5.41) is 11.9. The lowest BCUT2D eigenvalue weighted by Crippen LogP contribution is -2.37. The van der Waals surface area contributed by atoms with Crippen LogP contribution >= 0.6 is 0 Å². The van der Waals surface area contributed by atoms with E-state index in [1.807, 2.05) is 31.2 Å². The van der Waals surface area contributed by atoms with Crippen molar-refractivity contribution in [1.29, 1.82) is 0 Å². The maximum Gasteiger partial charge on any atom is 0.335 e. The Hall–Kier alpha value is -2.82. The van der Waals surface area contributed by atoms with Gasteiger partial charge in [-0.2, -0.15) is 0 Å². The van der Waals surface area contributed by atoms with Gasteiger partial charge in [0.25, 0.3) is 5.91 Å². The number of carbonyl (C=O) groups excluding carboxylic acids is 1. The Morgan fingerprint density at radius 2 is 1.91 bits per heavy atom. The molecule has 0 saturated heterocycles. The van der Waals surface area contributed by atoms with Crippen LogP contribution in [0.5, 0.6) is 5.75 Å². The third-order valence-corrected chi connectivity index (χ3v) is 4.07. The lowest BCUT2D eigenvalue weighted by atomic mass is 9.94. The first-order valence-corrected chi connectivity index (χ1v) is 7.42. The van der Waals surface area contributed by atoms with Gasteiger partial charge in [0.2, 0.25) is 0 Å². The summed E-state index contributed by atoms with van der Waals surface area (Å²) in [6.45, 7) is 2.45. The van der Waals surface area contributed by atoms with Crippen LogP contribution in [0.4, 0.5) is 0 Å². The smallest absolute Gasteiger partial charge is 0.335 e. The highest BCUT2D eigenvalue weighted by Crippen LogP contribution is 2.35. The molecule has 1 aliphatic rings. The predicted octanol–water partition coefficient (Wildman–Crippen LogP) is 2.68. The second-order valence-corrected chi connectivity index (χ2v) is 5.60. The number of para-hydroxylation sites is 1. The van der Waals surface area contributed by atoms with Crippen molar-refractivity contribution >= 4 is 11.9 Å². The second kappa shape index (κ2) is 6.12. The number of carboxylic acid groups (broad SMARTS) is 1. The molecule has 0 spiro atoms. The highest BCUT2D eigenvalue weighted by Gasteiger charge is 2.29. The van der Waals surface area contributed by atoms with E-state index in [-0.39, 0.29) is 23.4 Å². The van der Waals surface area contributed by atoms with E-state index in [4.69, 9.17) is 9.84 Å². The topological polar surface area (TPSA) is 75.6 Å². The Bertz CT molecular complexity index is 756. The Morgan fingerprint density at radius 1 is 1.17 bits per heavy atom. The number of ether oxygens (including phenoxy) is 1. The molecule has 1 heterocycles. The van der Waals surface area contributed by atoms with Gasteiger partial charge in [-0.15, -0.1) is 0 Å². The fourth-order valence-electron chi connectivity index (χ4n) is 2.79. The summed E-state index contributed by atoms with van der Waals surface area (Å²) in [7, 11) is 0. The second-order valence-electron chi connectivity index (χ2n) is 5.60. The lowest BCUT2D eigenvalue weighted by molar-refractivity contribution is 0.0697. The van der Waals surface area contributed by atoms with E-state index in [1.165, 1.54) is 12.1 Å². The van der Waals surface area contributed by atoms with Gasteiger partial charge in [0.05, 0.1) is 12.2 Å². The molecule has 0 aromatic heterocycles. The first kappa shape index (κ1) is 15.1. The molecule has 5 nitrogen and oxygen atoms in total. The van der Waals surface area contributed by atoms with Crippen molar-refractivity contribution < 1.29 is 19.4 Å². The Kier molecular flexibility index (Phi) is 4.02. The van der Waals surface area contributed by atoms with Crippen LogP contribution in [-0.2, 0) is 0 Å². The molecule has 118 valence electrons. The molecule has 0 bridgehead atoms. The summed E-state index contributed by atoms with van der Waals surface area (Å²) in [6.07, 6.45) is 0. The zero-order chi connectivity index (χ0) is 16.4. The molecule has 5 heteroatoms. The van der Waals surface area contributed by atoms with E-state index >= 15 is 0 Å². The zero-order valence-corrected chi connectivity index (χ0v) is 12.7. The van der Waals surface area contributed by atoms with Gasteiger partial charge in [-0.25, -0.2) is 4.79 Å². The Balaban J connectivity index is 1.73. The van der Waals surface area contributed by atoms with Crippen LogP contribution in [-0.4, -0.2) is 29.6 Å². The normalized spacial score (nSPS) is 17.0. The summed E-state index contributed by atoms with van der Waals surface area (Å²) >= 11 is 0. The van der Waals surface area contributed by atoms with Gasteiger partial charge >= 0.3 is 5.97 Å². The number of benzene rings is 2. The van der Waals surface area contributed by atoms with Gasteiger partial charge in [0, 0.05) is 23.1 Å². The molecule has 0 unspecified atom stereocenters. The summed E-state index contributed by atoms with van der Waals surface area (Å²) in [5.41, 5.74) is 1.52. The Morgan fingerprint density at radius 3 is 2.70 bits per heavy atom. The van der Waals surface area contributed by atoms with E-state index < -0.39 is 5.97 Å². The molecule has 2 aromatic rings. The average Bonchev–Trinajstić information content (AvgIpc) is 2.99. The molecule has 0 fully saturated rings. The van der Waals surface area contributed by atoms with Crippen LogP contribution in [0.2, 0.25) is 0 Å². The number of carboxylic acids is 1. The summed E-state index contributed by atoms with van der Waals surface area (Å²) in [5.74, 6) is -0.403. The van der Waals surface area contributed by atoms with E-state index in [0.29, 0.717) is 12.2 Å². The monoisotopic (exact) mass is 311 g/mol. The van der Waals surface area contributed by atoms with Gasteiger partial charge < -0.3 is 15.2 Å². The first-order valence-electron chi connectivity index (χ1n) is 7.42. The van der Waals surface area contributed by atoms with E-state index in [2.05, 4.69) is 5.32 Å². The first-order chi connectivity index (χ1) is 11.1. The van der Waals surface area contributed by atoms with E-state index in [1.54, 1.807) is 12.1 Å². The van der Waals surface area contributed by atoms with E-state index in [0.717, 1.165) is 11.3 Å². The van der Waals surface area contributed by atoms with Crippen LogP contribution in [0.25, 0.3) is 0 Å². The molecule has 2 atom stereocenters. The summed E-state index contributed by atoms with van der Waals surface area (Å²) in [4.78, 5) is 23.3. The van der Waals surface area contributed by atoms with Crippen LogP contribution in [0.15, 0.2) is 48.5 Å². The molecular formula is C18H17NO4. The Labute approximate surface area is 133 Å². The maximum atomic E-state index is 12.4. The minimum atomic E-state index is -1.05. The highest BCUT2D eigenvalue weighted by molar-refractivity contribution is 5.97. The van der Waals surface area contributed by atoms with Crippen molar-refractivity contribution in [1.82, 2.24) is 5.32 Å². The number of carbonyl (C=O) groups is 2. The number of hydrogen-bond donors (Lipinski definition) is 2. The van der Waals surface area contributed by atoms with Crippen molar-refractivity contribution in [2.75, 3.05) is 6.61 Å². The summed E-state index contributed by atoms with van der Waals surface area (Å²) in [6, 6.07) is 13.7. The van der Waals surface area contributed by atoms with Gasteiger partial charge in [-0.05, 0) is 31.2 Å². The molecule has 1 aliphatic heterocycles. The maximum absolute atomic E-state index is 12.4. The minimum Gasteiger partial charge on any atom is -0.493 e. The fourth-order valence-corrected chi connectivity index (χ4v) is 2.79. The number of fused-ring (bicyclic) bond motifs is 1. The third kappa shape index (κ3) is 3.04. The molecule has 0 saturated carbocycles. The minimum absolute atomic E-state index is 0.0813. The number of amides is 1. The molecule has 23 heavy (non-hydrogen) atoms.